The average Bonchev–Trinajstić information content (AvgIpc) is 2.40. The molecule has 2 rings (SSSR count). The predicted molar refractivity (Wildman–Crippen MR) is 71.1 cm³/mol. The maximum Gasteiger partial charge on any atom is 0.416 e. The Labute approximate surface area is 114 Å². The zero-order valence-electron chi connectivity index (χ0n) is 10.7. The summed E-state index contributed by atoms with van der Waals surface area (Å²) in [7, 11) is 0. The molecular formula is C15H12F3NO. The van der Waals surface area contributed by atoms with Crippen molar-refractivity contribution in [3.63, 3.8) is 0 Å². The van der Waals surface area contributed by atoms with Crippen LogP contribution in [-0.2, 0) is 6.18 Å². The summed E-state index contributed by atoms with van der Waals surface area (Å²) in [5.41, 5.74) is -0.0251. The van der Waals surface area contributed by atoms with Crippen molar-refractivity contribution in [1.29, 1.82) is 0 Å². The molecule has 2 nitrogen and oxygen atoms in total. The molecule has 0 radical (unpaired) electrons. The minimum atomic E-state index is -4.42. The summed E-state index contributed by atoms with van der Waals surface area (Å²) in [4.78, 5) is 0. The van der Waals surface area contributed by atoms with E-state index in [2.05, 4.69) is 0 Å². The van der Waals surface area contributed by atoms with Gasteiger partial charge in [0, 0.05) is 17.7 Å². The van der Waals surface area contributed by atoms with Gasteiger partial charge in [-0.3, -0.25) is 0 Å². The maximum atomic E-state index is 12.8. The quantitative estimate of drug-likeness (QED) is 0.349. The summed E-state index contributed by atoms with van der Waals surface area (Å²) in [5.74, 6) is 0. The Morgan fingerprint density at radius 3 is 2.30 bits per heavy atom. The zero-order valence-corrected chi connectivity index (χ0v) is 10.7. The van der Waals surface area contributed by atoms with E-state index in [0.717, 1.165) is 12.3 Å². The van der Waals surface area contributed by atoms with E-state index >= 15 is 0 Å². The van der Waals surface area contributed by atoms with Crippen LogP contribution in [0.1, 0.15) is 16.7 Å². The standard InChI is InChI=1S/C15H12F3NO/c1-11-7-8-12(9-14(11)15(16,17)18)10-19(20)13-5-3-2-4-6-13/h2-10H,1H3. The number of aryl methyl sites for hydroxylation is 1. The lowest BCUT2D eigenvalue weighted by molar-refractivity contribution is -0.354. The molecule has 0 aliphatic heterocycles. The van der Waals surface area contributed by atoms with Gasteiger partial charge >= 0.3 is 6.18 Å². The lowest BCUT2D eigenvalue weighted by atomic mass is 10.1. The molecule has 2 aromatic rings. The van der Waals surface area contributed by atoms with Crippen molar-refractivity contribution in [3.8, 4) is 0 Å². The van der Waals surface area contributed by atoms with Gasteiger partial charge in [-0.05, 0) is 24.6 Å². The SMILES string of the molecule is Cc1ccc(C=[N+]([O-])c2ccccc2)cc1C(F)(F)F. The van der Waals surface area contributed by atoms with E-state index in [1.54, 1.807) is 30.3 Å². The number of benzene rings is 2. The van der Waals surface area contributed by atoms with E-state index in [1.807, 2.05) is 0 Å². The Balaban J connectivity index is 2.40. The monoisotopic (exact) mass is 279 g/mol. The molecule has 0 aliphatic carbocycles. The summed E-state index contributed by atoms with van der Waals surface area (Å²) in [5, 5.41) is 11.8. The first-order chi connectivity index (χ1) is 9.38. The second-order valence-corrected chi connectivity index (χ2v) is 4.36. The largest absolute Gasteiger partial charge is 0.618 e. The summed E-state index contributed by atoms with van der Waals surface area (Å²) in [6, 6.07) is 12.1. The fraction of sp³-hybridized carbons (Fsp3) is 0.133. The molecule has 0 spiro atoms. The van der Waals surface area contributed by atoms with Gasteiger partial charge in [-0.2, -0.15) is 17.9 Å². The van der Waals surface area contributed by atoms with Gasteiger partial charge in [0.15, 0.2) is 6.21 Å². The molecule has 2 aromatic carbocycles. The van der Waals surface area contributed by atoms with Gasteiger partial charge in [0.2, 0.25) is 5.69 Å². The molecule has 0 amide bonds. The Morgan fingerprint density at radius 1 is 1.05 bits per heavy atom. The molecule has 0 aliphatic rings. The van der Waals surface area contributed by atoms with Gasteiger partial charge in [-0.1, -0.05) is 24.3 Å². The topological polar surface area (TPSA) is 26.1 Å². The molecule has 0 fully saturated rings. The van der Waals surface area contributed by atoms with Crippen LogP contribution in [0.4, 0.5) is 18.9 Å². The van der Waals surface area contributed by atoms with Crippen LogP contribution in [0.5, 0.6) is 0 Å². The fourth-order valence-corrected chi connectivity index (χ4v) is 1.81. The number of alkyl halides is 3. The highest BCUT2D eigenvalue weighted by Gasteiger charge is 2.32. The first-order valence-corrected chi connectivity index (χ1v) is 5.92. The summed E-state index contributed by atoms with van der Waals surface area (Å²) in [6.45, 7) is 1.39. The van der Waals surface area contributed by atoms with Gasteiger partial charge in [0.05, 0.1) is 5.56 Å². The predicted octanol–water partition coefficient (Wildman–Crippen LogP) is 4.27. The molecule has 0 unspecified atom stereocenters. The Kier molecular flexibility index (Phi) is 3.79. The number of halogens is 3. The molecule has 0 heterocycles. The molecule has 20 heavy (non-hydrogen) atoms. The van der Waals surface area contributed by atoms with E-state index in [0.29, 0.717) is 10.4 Å². The molecular weight excluding hydrogens is 267 g/mol. The Bertz CT molecular complexity index is 633. The van der Waals surface area contributed by atoms with Crippen LogP contribution in [-0.4, -0.2) is 11.0 Å². The van der Waals surface area contributed by atoms with Crippen LogP contribution < -0.4 is 0 Å². The lowest BCUT2D eigenvalue weighted by Gasteiger charge is -2.10. The van der Waals surface area contributed by atoms with E-state index in [9.17, 15) is 18.4 Å². The first-order valence-electron chi connectivity index (χ1n) is 5.92. The van der Waals surface area contributed by atoms with Gasteiger partial charge in [-0.15, -0.1) is 0 Å². The van der Waals surface area contributed by atoms with Crippen LogP contribution in [0, 0.1) is 12.1 Å². The van der Waals surface area contributed by atoms with Crippen LogP contribution in [0.3, 0.4) is 0 Å². The zero-order chi connectivity index (χ0) is 14.8. The highest BCUT2D eigenvalue weighted by atomic mass is 19.4. The Morgan fingerprint density at radius 2 is 1.70 bits per heavy atom. The van der Waals surface area contributed by atoms with E-state index in [4.69, 9.17) is 0 Å². The minimum absolute atomic E-state index is 0.131. The summed E-state index contributed by atoms with van der Waals surface area (Å²) in [6.07, 6.45) is -3.29. The minimum Gasteiger partial charge on any atom is -0.618 e. The number of rotatable bonds is 2. The van der Waals surface area contributed by atoms with Crippen molar-refractivity contribution in [2.45, 2.75) is 13.1 Å². The molecule has 0 atom stereocenters. The second-order valence-electron chi connectivity index (χ2n) is 4.36. The van der Waals surface area contributed by atoms with Gasteiger partial charge in [0.1, 0.15) is 0 Å². The third kappa shape index (κ3) is 3.17. The van der Waals surface area contributed by atoms with Crippen molar-refractivity contribution in [2.24, 2.45) is 0 Å². The molecule has 104 valence electrons. The Hall–Kier alpha value is -2.30. The molecule has 0 aromatic heterocycles. The third-order valence-electron chi connectivity index (χ3n) is 2.84. The molecule has 5 heteroatoms. The van der Waals surface area contributed by atoms with Crippen molar-refractivity contribution in [3.05, 3.63) is 70.4 Å². The van der Waals surface area contributed by atoms with Crippen molar-refractivity contribution < 1.29 is 17.9 Å². The van der Waals surface area contributed by atoms with Crippen LogP contribution >= 0.6 is 0 Å². The van der Waals surface area contributed by atoms with Crippen molar-refractivity contribution in [1.82, 2.24) is 0 Å². The highest BCUT2D eigenvalue weighted by Crippen LogP contribution is 2.32. The smallest absolute Gasteiger partial charge is 0.416 e. The molecule has 0 saturated carbocycles. The summed E-state index contributed by atoms with van der Waals surface area (Å²) < 4.78 is 38.9. The molecule has 0 saturated heterocycles. The van der Waals surface area contributed by atoms with E-state index in [-0.39, 0.29) is 11.1 Å². The second kappa shape index (κ2) is 5.36. The highest BCUT2D eigenvalue weighted by molar-refractivity contribution is 5.77. The van der Waals surface area contributed by atoms with Gasteiger partial charge in [0.25, 0.3) is 0 Å². The first kappa shape index (κ1) is 14.1. The number of hydrogen-bond acceptors (Lipinski definition) is 1. The maximum absolute atomic E-state index is 12.8. The number of hydrogen-bond donors (Lipinski definition) is 0. The normalized spacial score (nSPS) is 12.5. The average molecular weight is 279 g/mol. The summed E-state index contributed by atoms with van der Waals surface area (Å²) >= 11 is 0. The molecule has 0 bridgehead atoms. The van der Waals surface area contributed by atoms with E-state index < -0.39 is 11.7 Å². The van der Waals surface area contributed by atoms with E-state index in [1.165, 1.54) is 19.1 Å². The van der Waals surface area contributed by atoms with Crippen LogP contribution in [0.2, 0.25) is 0 Å². The lowest BCUT2D eigenvalue weighted by Crippen LogP contribution is -2.09. The van der Waals surface area contributed by atoms with Crippen LogP contribution in [0.15, 0.2) is 48.5 Å². The third-order valence-corrected chi connectivity index (χ3v) is 2.84. The van der Waals surface area contributed by atoms with Gasteiger partial charge in [-0.25, -0.2) is 0 Å². The van der Waals surface area contributed by atoms with Crippen LogP contribution in [0.25, 0.3) is 0 Å². The van der Waals surface area contributed by atoms with Gasteiger partial charge < -0.3 is 5.21 Å². The van der Waals surface area contributed by atoms with Crippen molar-refractivity contribution >= 4 is 11.9 Å². The molecule has 0 N–H and O–H groups in total. The number of para-hydroxylation sites is 1. The number of nitrogens with zero attached hydrogens (tertiary/aromatic N) is 1. The fourth-order valence-electron chi connectivity index (χ4n) is 1.81. The van der Waals surface area contributed by atoms with Crippen molar-refractivity contribution in [2.75, 3.05) is 0 Å².